The lowest BCUT2D eigenvalue weighted by Gasteiger charge is -2.25. The number of rotatable bonds is 4. The Kier molecular flexibility index (Phi) is 5.37. The highest BCUT2D eigenvalue weighted by atomic mass is 32.1. The van der Waals surface area contributed by atoms with Crippen LogP contribution >= 0.6 is 11.3 Å². The summed E-state index contributed by atoms with van der Waals surface area (Å²) in [5.74, 6) is 0. The number of para-hydroxylation sites is 2. The van der Waals surface area contributed by atoms with E-state index in [0.29, 0.717) is 0 Å². The predicted molar refractivity (Wildman–Crippen MR) is 182 cm³/mol. The number of anilines is 3. The monoisotopic (exact) mass is 568 g/mol. The maximum atomic E-state index is 6.31. The Morgan fingerprint density at radius 2 is 1.21 bits per heavy atom. The summed E-state index contributed by atoms with van der Waals surface area (Å²) >= 11 is 1.85. The number of hydrogen-bond acceptors (Lipinski definition) is 4. The quantitative estimate of drug-likeness (QED) is 0.211. The summed E-state index contributed by atoms with van der Waals surface area (Å²) < 4.78 is 8.91. The van der Waals surface area contributed by atoms with Crippen LogP contribution in [0.1, 0.15) is 0 Å². The van der Waals surface area contributed by atoms with Crippen molar-refractivity contribution in [2.75, 3.05) is 4.90 Å². The molecule has 3 nitrogen and oxygen atoms in total. The number of pyridine rings is 1. The Hall–Kier alpha value is -5.45. The summed E-state index contributed by atoms with van der Waals surface area (Å²) in [6.45, 7) is 0. The van der Waals surface area contributed by atoms with Crippen LogP contribution in [-0.4, -0.2) is 4.98 Å². The molecule has 0 atom stereocenters. The van der Waals surface area contributed by atoms with Gasteiger partial charge < -0.3 is 9.32 Å². The van der Waals surface area contributed by atoms with E-state index in [1.165, 1.54) is 20.2 Å². The second kappa shape index (κ2) is 9.55. The second-order valence-corrected chi connectivity index (χ2v) is 11.9. The lowest BCUT2D eigenvalue weighted by molar-refractivity contribution is 0.669. The molecule has 0 radical (unpaired) electrons. The van der Waals surface area contributed by atoms with Gasteiger partial charge in [-0.25, -0.2) is 0 Å². The van der Waals surface area contributed by atoms with Crippen molar-refractivity contribution >= 4 is 81.4 Å². The Balaban J connectivity index is 1.19. The van der Waals surface area contributed by atoms with E-state index in [1.54, 1.807) is 0 Å². The average Bonchev–Trinajstić information content (AvgIpc) is 3.63. The summed E-state index contributed by atoms with van der Waals surface area (Å²) in [5, 5.41) is 5.89. The molecule has 0 bridgehead atoms. The van der Waals surface area contributed by atoms with Crippen molar-refractivity contribution in [3.8, 4) is 11.1 Å². The third-order valence-corrected chi connectivity index (χ3v) is 9.44. The first kappa shape index (κ1) is 24.2. The Morgan fingerprint density at radius 1 is 0.512 bits per heavy atom. The lowest BCUT2D eigenvalue weighted by Crippen LogP contribution is -2.09. The number of thiophene rings is 1. The van der Waals surface area contributed by atoms with Crippen molar-refractivity contribution in [2.24, 2.45) is 0 Å². The topological polar surface area (TPSA) is 29.3 Å². The van der Waals surface area contributed by atoms with E-state index in [4.69, 9.17) is 9.40 Å². The van der Waals surface area contributed by atoms with Gasteiger partial charge in [-0.15, -0.1) is 11.3 Å². The molecule has 0 unspecified atom stereocenters. The third-order valence-electron chi connectivity index (χ3n) is 8.30. The van der Waals surface area contributed by atoms with Gasteiger partial charge in [0.05, 0.1) is 10.9 Å². The van der Waals surface area contributed by atoms with E-state index in [1.807, 2.05) is 35.7 Å². The van der Waals surface area contributed by atoms with E-state index in [2.05, 4.69) is 126 Å². The zero-order valence-electron chi connectivity index (χ0n) is 23.1. The van der Waals surface area contributed by atoms with Crippen LogP contribution < -0.4 is 4.90 Å². The highest BCUT2D eigenvalue weighted by molar-refractivity contribution is 7.25. The Morgan fingerprint density at radius 3 is 2.09 bits per heavy atom. The van der Waals surface area contributed by atoms with E-state index in [0.717, 1.165) is 61.0 Å². The molecule has 0 saturated heterocycles. The zero-order valence-corrected chi connectivity index (χ0v) is 23.9. The van der Waals surface area contributed by atoms with Gasteiger partial charge in [-0.2, -0.15) is 0 Å². The minimum absolute atomic E-state index is 0.856. The van der Waals surface area contributed by atoms with Gasteiger partial charge in [0.2, 0.25) is 0 Å². The van der Waals surface area contributed by atoms with Crippen molar-refractivity contribution in [1.82, 2.24) is 4.98 Å². The molecule has 6 aromatic carbocycles. The molecule has 9 rings (SSSR count). The number of hydrogen-bond donors (Lipinski definition) is 0. The van der Waals surface area contributed by atoms with Crippen molar-refractivity contribution in [1.29, 1.82) is 0 Å². The van der Waals surface area contributed by atoms with Crippen LogP contribution in [0.5, 0.6) is 0 Å². The van der Waals surface area contributed by atoms with E-state index in [9.17, 15) is 0 Å². The summed E-state index contributed by atoms with van der Waals surface area (Å²) in [5.41, 5.74) is 8.29. The molecule has 0 spiro atoms. The summed E-state index contributed by atoms with van der Waals surface area (Å²) in [4.78, 5) is 7.15. The standard InChI is InChI=1S/C39H24N2OS/c1-2-9-26(10-3-1)41(28-20-21-30-29-11-5-7-15-36(29)43-37(30)23-28)27-18-16-25(17-19-27)33-24-35-38(39-31(33)13-8-22-40-39)32-12-4-6-14-34(32)42-35/h1-24H. The van der Waals surface area contributed by atoms with Gasteiger partial charge in [0.25, 0.3) is 0 Å². The van der Waals surface area contributed by atoms with Crippen molar-refractivity contribution < 1.29 is 4.42 Å². The number of aromatic nitrogens is 1. The molecule has 3 aromatic heterocycles. The van der Waals surface area contributed by atoms with Crippen LogP contribution in [0, 0.1) is 0 Å². The molecule has 4 heteroatoms. The van der Waals surface area contributed by atoms with E-state index < -0.39 is 0 Å². The van der Waals surface area contributed by atoms with E-state index >= 15 is 0 Å². The predicted octanol–water partition coefficient (Wildman–Crippen LogP) is 11.6. The largest absolute Gasteiger partial charge is 0.456 e. The van der Waals surface area contributed by atoms with Crippen LogP contribution in [0.25, 0.3) is 64.1 Å². The highest BCUT2D eigenvalue weighted by Crippen LogP contribution is 2.42. The van der Waals surface area contributed by atoms with Gasteiger partial charge in [0.1, 0.15) is 11.2 Å². The maximum absolute atomic E-state index is 6.31. The molecule has 3 heterocycles. The highest BCUT2D eigenvalue weighted by Gasteiger charge is 2.18. The molecule has 0 amide bonds. The lowest BCUT2D eigenvalue weighted by atomic mass is 9.97. The van der Waals surface area contributed by atoms with Crippen LogP contribution in [0.3, 0.4) is 0 Å². The minimum atomic E-state index is 0.856. The summed E-state index contributed by atoms with van der Waals surface area (Å²) in [7, 11) is 0. The third kappa shape index (κ3) is 3.84. The minimum Gasteiger partial charge on any atom is -0.456 e. The number of furan rings is 1. The smallest absolute Gasteiger partial charge is 0.138 e. The summed E-state index contributed by atoms with van der Waals surface area (Å²) in [6.07, 6.45) is 1.86. The molecule has 0 aliphatic rings. The van der Waals surface area contributed by atoms with Crippen LogP contribution in [0.15, 0.2) is 150 Å². The molecule has 43 heavy (non-hydrogen) atoms. The normalized spacial score (nSPS) is 11.7. The Bertz CT molecular complexity index is 2460. The first-order chi connectivity index (χ1) is 21.3. The number of benzene rings is 6. The Labute approximate surface area is 251 Å². The maximum Gasteiger partial charge on any atom is 0.138 e. The van der Waals surface area contributed by atoms with Gasteiger partial charge in [-0.05, 0) is 71.8 Å². The van der Waals surface area contributed by atoms with Gasteiger partial charge >= 0.3 is 0 Å². The molecule has 9 aromatic rings. The van der Waals surface area contributed by atoms with Crippen LogP contribution in [-0.2, 0) is 0 Å². The molecule has 0 aliphatic carbocycles. The molecule has 0 N–H and O–H groups in total. The van der Waals surface area contributed by atoms with Crippen molar-refractivity contribution in [2.45, 2.75) is 0 Å². The number of fused-ring (bicyclic) bond motifs is 8. The molecule has 0 fully saturated rings. The van der Waals surface area contributed by atoms with Crippen LogP contribution in [0.2, 0.25) is 0 Å². The van der Waals surface area contributed by atoms with Crippen LogP contribution in [0.4, 0.5) is 17.1 Å². The first-order valence-corrected chi connectivity index (χ1v) is 15.2. The average molecular weight is 569 g/mol. The first-order valence-electron chi connectivity index (χ1n) is 14.4. The fourth-order valence-electron chi connectivity index (χ4n) is 6.35. The molecule has 202 valence electrons. The zero-order chi connectivity index (χ0) is 28.3. The van der Waals surface area contributed by atoms with E-state index in [-0.39, 0.29) is 0 Å². The molecular formula is C39H24N2OS. The van der Waals surface area contributed by atoms with Crippen molar-refractivity contribution in [3.63, 3.8) is 0 Å². The fraction of sp³-hybridized carbons (Fsp3) is 0. The fourth-order valence-corrected chi connectivity index (χ4v) is 7.49. The molecule has 0 aliphatic heterocycles. The summed E-state index contributed by atoms with van der Waals surface area (Å²) in [6, 6.07) is 49.4. The SMILES string of the molecule is c1ccc(N(c2ccc(-c3cc4oc5ccccc5c4c4ncccc34)cc2)c2ccc3c(c2)sc2ccccc23)cc1. The molecular weight excluding hydrogens is 545 g/mol. The van der Waals surface area contributed by atoms with Gasteiger partial charge in [0, 0.05) is 54.2 Å². The second-order valence-electron chi connectivity index (χ2n) is 10.8. The molecule has 0 saturated carbocycles. The van der Waals surface area contributed by atoms with Gasteiger partial charge in [0.15, 0.2) is 0 Å². The van der Waals surface area contributed by atoms with Crippen molar-refractivity contribution in [3.05, 3.63) is 146 Å². The van der Waals surface area contributed by atoms with Gasteiger partial charge in [-0.1, -0.05) is 78.9 Å². The van der Waals surface area contributed by atoms with Gasteiger partial charge in [-0.3, -0.25) is 4.98 Å². The number of nitrogens with zero attached hydrogens (tertiary/aromatic N) is 2.